The van der Waals surface area contributed by atoms with Gasteiger partial charge in [0.05, 0.1) is 23.1 Å². The number of hydrogen-bond donors (Lipinski definition) is 2. The highest BCUT2D eigenvalue weighted by Gasteiger charge is 2.30. The molecule has 3 N–H and O–H groups in total. The van der Waals surface area contributed by atoms with E-state index in [2.05, 4.69) is 15.2 Å². The number of hydrogen-bond acceptors (Lipinski definition) is 4. The number of anilines is 2. The standard InChI is InChI=1S/C16H20N4O/c1-18-16(21)14-8-4-5-9-20(14)15-11-6-2-3-7-13(11)19-10-12(15)17/h2-3,6-7,10,14H,4-5,8-9,17H2,1H3,(H,18,21). The van der Waals surface area contributed by atoms with Gasteiger partial charge in [-0.3, -0.25) is 9.78 Å². The van der Waals surface area contributed by atoms with E-state index in [1.165, 1.54) is 0 Å². The van der Waals surface area contributed by atoms with Gasteiger partial charge in [0.2, 0.25) is 5.91 Å². The van der Waals surface area contributed by atoms with Crippen LogP contribution in [0.1, 0.15) is 19.3 Å². The molecule has 1 unspecified atom stereocenters. The summed E-state index contributed by atoms with van der Waals surface area (Å²) in [6.45, 7) is 0.844. The first-order chi connectivity index (χ1) is 10.2. The Bertz CT molecular complexity index is 670. The van der Waals surface area contributed by atoms with Crippen LogP contribution in [0.3, 0.4) is 0 Å². The second-order valence-corrected chi connectivity index (χ2v) is 5.40. The summed E-state index contributed by atoms with van der Waals surface area (Å²) in [6, 6.07) is 7.77. The van der Waals surface area contributed by atoms with Gasteiger partial charge in [-0.25, -0.2) is 0 Å². The molecule has 2 heterocycles. The monoisotopic (exact) mass is 284 g/mol. The lowest BCUT2D eigenvalue weighted by Gasteiger charge is -2.37. The zero-order chi connectivity index (χ0) is 14.8. The maximum absolute atomic E-state index is 12.2. The molecule has 1 aliphatic rings. The van der Waals surface area contributed by atoms with E-state index >= 15 is 0 Å². The van der Waals surface area contributed by atoms with E-state index in [1.807, 2.05) is 24.3 Å². The Morgan fingerprint density at radius 1 is 1.38 bits per heavy atom. The maximum Gasteiger partial charge on any atom is 0.242 e. The molecule has 0 bridgehead atoms. The van der Waals surface area contributed by atoms with Gasteiger partial charge in [0.25, 0.3) is 0 Å². The van der Waals surface area contributed by atoms with Gasteiger partial charge in [-0.05, 0) is 25.3 Å². The maximum atomic E-state index is 12.2. The number of nitrogens with zero attached hydrogens (tertiary/aromatic N) is 2. The summed E-state index contributed by atoms with van der Waals surface area (Å²) in [5, 5.41) is 3.77. The first kappa shape index (κ1) is 13.7. The smallest absolute Gasteiger partial charge is 0.242 e. The molecular formula is C16H20N4O. The van der Waals surface area contributed by atoms with Crippen LogP contribution in [0.5, 0.6) is 0 Å². The normalized spacial score (nSPS) is 18.7. The highest BCUT2D eigenvalue weighted by atomic mass is 16.2. The first-order valence-electron chi connectivity index (χ1n) is 7.34. The van der Waals surface area contributed by atoms with E-state index in [0.29, 0.717) is 5.69 Å². The quantitative estimate of drug-likeness (QED) is 0.884. The SMILES string of the molecule is CNC(=O)C1CCCCN1c1c(N)cnc2ccccc12. The molecule has 110 valence electrons. The molecule has 0 spiro atoms. The molecule has 1 amide bonds. The average Bonchev–Trinajstić information content (AvgIpc) is 2.54. The van der Waals surface area contributed by atoms with Crippen LogP contribution in [0.2, 0.25) is 0 Å². The number of likely N-dealkylation sites (N-methyl/N-ethyl adjacent to an activating group) is 1. The summed E-state index contributed by atoms with van der Waals surface area (Å²) in [7, 11) is 1.68. The highest BCUT2D eigenvalue weighted by Crippen LogP contribution is 2.35. The van der Waals surface area contributed by atoms with Crippen molar-refractivity contribution in [1.82, 2.24) is 10.3 Å². The summed E-state index contributed by atoms with van der Waals surface area (Å²) < 4.78 is 0. The summed E-state index contributed by atoms with van der Waals surface area (Å²) in [6.07, 6.45) is 4.68. The molecule has 1 aromatic heterocycles. The van der Waals surface area contributed by atoms with E-state index in [-0.39, 0.29) is 11.9 Å². The minimum absolute atomic E-state index is 0.0509. The number of nitrogens with two attached hydrogens (primary N) is 1. The predicted octanol–water partition coefficient (Wildman–Crippen LogP) is 1.92. The predicted molar refractivity (Wildman–Crippen MR) is 85.2 cm³/mol. The van der Waals surface area contributed by atoms with Crippen molar-refractivity contribution in [3.63, 3.8) is 0 Å². The largest absolute Gasteiger partial charge is 0.396 e. The summed E-state index contributed by atoms with van der Waals surface area (Å²) in [5.74, 6) is 0.0509. The van der Waals surface area contributed by atoms with Gasteiger partial charge >= 0.3 is 0 Å². The average molecular weight is 284 g/mol. The summed E-state index contributed by atoms with van der Waals surface area (Å²) in [4.78, 5) is 18.7. The van der Waals surface area contributed by atoms with Crippen LogP contribution < -0.4 is 16.0 Å². The number of carbonyl (C=O) groups is 1. The molecule has 0 aliphatic carbocycles. The lowest BCUT2D eigenvalue weighted by atomic mass is 9.99. The topological polar surface area (TPSA) is 71.2 Å². The number of nitrogens with one attached hydrogen (secondary N) is 1. The Kier molecular flexibility index (Phi) is 3.64. The van der Waals surface area contributed by atoms with Crippen molar-refractivity contribution in [3.05, 3.63) is 30.5 Å². The van der Waals surface area contributed by atoms with Crippen LogP contribution in [0.4, 0.5) is 11.4 Å². The number of rotatable bonds is 2. The van der Waals surface area contributed by atoms with E-state index < -0.39 is 0 Å². The lowest BCUT2D eigenvalue weighted by molar-refractivity contribution is -0.122. The Labute approximate surface area is 124 Å². The van der Waals surface area contributed by atoms with Crippen molar-refractivity contribution in [1.29, 1.82) is 0 Å². The molecule has 0 saturated carbocycles. The molecule has 1 atom stereocenters. The molecule has 1 fully saturated rings. The second-order valence-electron chi connectivity index (χ2n) is 5.40. The van der Waals surface area contributed by atoms with Gasteiger partial charge in [-0.15, -0.1) is 0 Å². The summed E-state index contributed by atoms with van der Waals surface area (Å²) in [5.41, 5.74) is 8.66. The highest BCUT2D eigenvalue weighted by molar-refractivity contribution is 5.99. The Balaban J connectivity index is 2.13. The first-order valence-corrected chi connectivity index (χ1v) is 7.34. The van der Waals surface area contributed by atoms with Crippen LogP contribution in [0.15, 0.2) is 30.5 Å². The minimum Gasteiger partial charge on any atom is -0.396 e. The number of benzene rings is 1. The summed E-state index contributed by atoms with van der Waals surface area (Å²) >= 11 is 0. The zero-order valence-electron chi connectivity index (χ0n) is 12.2. The number of fused-ring (bicyclic) bond motifs is 1. The van der Waals surface area contributed by atoms with Crippen molar-refractivity contribution in [2.75, 3.05) is 24.2 Å². The van der Waals surface area contributed by atoms with E-state index in [9.17, 15) is 4.79 Å². The fourth-order valence-corrected chi connectivity index (χ4v) is 3.10. The van der Waals surface area contributed by atoms with Gasteiger partial charge in [0.15, 0.2) is 0 Å². The zero-order valence-corrected chi connectivity index (χ0v) is 12.2. The molecule has 5 nitrogen and oxygen atoms in total. The Morgan fingerprint density at radius 2 is 2.19 bits per heavy atom. The number of aromatic nitrogens is 1. The van der Waals surface area contributed by atoms with E-state index in [0.717, 1.165) is 42.4 Å². The molecule has 2 aromatic rings. The van der Waals surface area contributed by atoms with E-state index in [1.54, 1.807) is 13.2 Å². The van der Waals surface area contributed by atoms with Gasteiger partial charge in [0.1, 0.15) is 6.04 Å². The third-order valence-electron chi connectivity index (χ3n) is 4.11. The number of piperidine rings is 1. The van der Waals surface area contributed by atoms with E-state index in [4.69, 9.17) is 5.73 Å². The van der Waals surface area contributed by atoms with Crippen LogP contribution >= 0.6 is 0 Å². The second kappa shape index (κ2) is 5.60. The van der Waals surface area contributed by atoms with Crippen LogP contribution in [0, 0.1) is 0 Å². The van der Waals surface area contributed by atoms with Crippen molar-refractivity contribution < 1.29 is 4.79 Å². The number of nitrogen functional groups attached to an aromatic ring is 1. The van der Waals surface area contributed by atoms with Crippen molar-refractivity contribution >= 4 is 28.2 Å². The van der Waals surface area contributed by atoms with Gasteiger partial charge in [-0.2, -0.15) is 0 Å². The van der Waals surface area contributed by atoms with Gasteiger partial charge in [-0.1, -0.05) is 18.2 Å². The van der Waals surface area contributed by atoms with Crippen molar-refractivity contribution in [3.8, 4) is 0 Å². The fourth-order valence-electron chi connectivity index (χ4n) is 3.10. The molecule has 21 heavy (non-hydrogen) atoms. The number of pyridine rings is 1. The van der Waals surface area contributed by atoms with Crippen LogP contribution in [-0.2, 0) is 4.79 Å². The number of amides is 1. The molecule has 1 aromatic carbocycles. The molecular weight excluding hydrogens is 264 g/mol. The van der Waals surface area contributed by atoms with Crippen LogP contribution in [0.25, 0.3) is 10.9 Å². The molecule has 1 aliphatic heterocycles. The van der Waals surface area contributed by atoms with Crippen molar-refractivity contribution in [2.45, 2.75) is 25.3 Å². The van der Waals surface area contributed by atoms with Gasteiger partial charge in [0, 0.05) is 19.0 Å². The molecule has 0 radical (unpaired) electrons. The minimum atomic E-state index is -0.156. The third kappa shape index (κ3) is 2.39. The van der Waals surface area contributed by atoms with Gasteiger partial charge < -0.3 is 16.0 Å². The number of carbonyl (C=O) groups excluding carboxylic acids is 1. The Hall–Kier alpha value is -2.30. The van der Waals surface area contributed by atoms with Crippen LogP contribution in [-0.4, -0.2) is 30.5 Å². The Morgan fingerprint density at radius 3 is 3.00 bits per heavy atom. The van der Waals surface area contributed by atoms with Crippen molar-refractivity contribution in [2.24, 2.45) is 0 Å². The molecule has 3 rings (SSSR count). The third-order valence-corrected chi connectivity index (χ3v) is 4.11. The molecule has 1 saturated heterocycles. The number of para-hydroxylation sites is 1. The molecule has 5 heteroatoms. The lowest BCUT2D eigenvalue weighted by Crippen LogP contribution is -2.49. The fraction of sp³-hybridized carbons (Fsp3) is 0.375.